The summed E-state index contributed by atoms with van der Waals surface area (Å²) in [5.41, 5.74) is 5.35. The van der Waals surface area contributed by atoms with E-state index in [9.17, 15) is 9.59 Å². The molecule has 2 heterocycles. The van der Waals surface area contributed by atoms with Crippen LogP contribution in [0, 0.1) is 0 Å². The van der Waals surface area contributed by atoms with Crippen LogP contribution in [0.5, 0.6) is 0 Å². The van der Waals surface area contributed by atoms with Crippen LogP contribution in [0.1, 0.15) is 37.9 Å². The number of amides is 2. The van der Waals surface area contributed by atoms with E-state index in [1.165, 1.54) is 28.0 Å². The first-order valence-electron chi connectivity index (χ1n) is 11.5. The Morgan fingerprint density at radius 3 is 2.37 bits per heavy atom. The molecule has 35 heavy (non-hydrogen) atoms. The van der Waals surface area contributed by atoms with Crippen LogP contribution in [0.4, 0.5) is 11.4 Å². The average Bonchev–Trinajstić information content (AvgIpc) is 3.50. The lowest BCUT2D eigenvalue weighted by atomic mass is 10.1. The number of para-hydroxylation sites is 1. The molecule has 0 atom stereocenters. The van der Waals surface area contributed by atoms with Crippen LogP contribution < -0.4 is 10.6 Å². The number of rotatable bonds is 8. The standard InChI is InChI=1S/C27H25N5O2S/c33-24(13-14-25-30-31-27(35-25)26(34)29-22-9-5-2-6-10-22)28-23-12-11-20-17-32(18-21(20)15-23)16-19-7-3-1-4-8-19/h1-12,15H,13-14,16-18H2,(H,28,33)(H,29,34). The minimum Gasteiger partial charge on any atom is -0.326 e. The maximum atomic E-state index is 12.5. The van der Waals surface area contributed by atoms with Crippen molar-refractivity contribution >= 4 is 34.5 Å². The minimum absolute atomic E-state index is 0.0884. The SMILES string of the molecule is O=C(CCc1nnc(C(=O)Nc2ccccc2)s1)Nc1ccc2c(c1)CN(Cc1ccccc1)C2. The molecule has 3 aromatic carbocycles. The van der Waals surface area contributed by atoms with Crippen molar-refractivity contribution in [2.75, 3.05) is 10.6 Å². The molecule has 0 spiro atoms. The lowest BCUT2D eigenvalue weighted by Crippen LogP contribution is -2.15. The third kappa shape index (κ3) is 5.98. The quantitative estimate of drug-likeness (QED) is 0.373. The Kier molecular flexibility index (Phi) is 6.92. The fraction of sp³-hybridized carbons (Fsp3) is 0.185. The molecule has 0 aliphatic carbocycles. The van der Waals surface area contributed by atoms with Gasteiger partial charge in [-0.05, 0) is 41.0 Å². The zero-order valence-corrected chi connectivity index (χ0v) is 19.9. The van der Waals surface area contributed by atoms with E-state index in [2.05, 4.69) is 62.1 Å². The Hall–Kier alpha value is -3.88. The molecule has 2 N–H and O–H groups in total. The second-order valence-electron chi connectivity index (χ2n) is 8.48. The summed E-state index contributed by atoms with van der Waals surface area (Å²) in [6.45, 7) is 2.69. The number of carbonyl (C=O) groups excluding carboxylic acids is 2. The third-order valence-corrected chi connectivity index (χ3v) is 6.77. The molecule has 1 aromatic heterocycles. The normalized spacial score (nSPS) is 12.8. The summed E-state index contributed by atoms with van der Waals surface area (Å²) < 4.78 is 0. The van der Waals surface area contributed by atoms with Crippen LogP contribution in [-0.2, 0) is 30.8 Å². The molecule has 1 aliphatic rings. The molecule has 8 heteroatoms. The van der Waals surface area contributed by atoms with E-state index in [4.69, 9.17) is 0 Å². The lowest BCUT2D eigenvalue weighted by Gasteiger charge is -2.14. The Morgan fingerprint density at radius 2 is 1.57 bits per heavy atom. The highest BCUT2D eigenvalue weighted by Gasteiger charge is 2.20. The summed E-state index contributed by atoms with van der Waals surface area (Å²) in [5, 5.41) is 14.8. The number of nitrogens with one attached hydrogen (secondary N) is 2. The van der Waals surface area contributed by atoms with Gasteiger partial charge in [-0.1, -0.05) is 65.9 Å². The fourth-order valence-electron chi connectivity index (χ4n) is 4.09. The van der Waals surface area contributed by atoms with Crippen molar-refractivity contribution in [3.8, 4) is 0 Å². The molecule has 2 amide bonds. The molecule has 4 aromatic rings. The van der Waals surface area contributed by atoms with Gasteiger partial charge in [0.25, 0.3) is 5.91 Å². The number of aromatic nitrogens is 2. The van der Waals surface area contributed by atoms with Gasteiger partial charge in [0.2, 0.25) is 10.9 Å². The van der Waals surface area contributed by atoms with Crippen molar-refractivity contribution in [2.45, 2.75) is 32.5 Å². The molecule has 7 nitrogen and oxygen atoms in total. The van der Waals surface area contributed by atoms with Gasteiger partial charge < -0.3 is 10.6 Å². The smallest absolute Gasteiger partial charge is 0.286 e. The molecule has 0 bridgehead atoms. The fourth-order valence-corrected chi connectivity index (χ4v) is 4.83. The van der Waals surface area contributed by atoms with E-state index in [1.807, 2.05) is 42.5 Å². The van der Waals surface area contributed by atoms with Gasteiger partial charge in [-0.2, -0.15) is 0 Å². The Balaban J connectivity index is 1.11. The second-order valence-corrected chi connectivity index (χ2v) is 9.55. The van der Waals surface area contributed by atoms with Crippen molar-refractivity contribution in [1.82, 2.24) is 15.1 Å². The minimum atomic E-state index is -0.302. The van der Waals surface area contributed by atoms with Crippen molar-refractivity contribution in [3.05, 3.63) is 106 Å². The summed E-state index contributed by atoms with van der Waals surface area (Å²) >= 11 is 1.21. The molecule has 1 aliphatic heterocycles. The number of benzene rings is 3. The Morgan fingerprint density at radius 1 is 0.829 bits per heavy atom. The van der Waals surface area contributed by atoms with Gasteiger partial charge in [-0.25, -0.2) is 0 Å². The summed E-state index contributed by atoms with van der Waals surface area (Å²) in [7, 11) is 0. The number of anilines is 2. The van der Waals surface area contributed by atoms with E-state index in [1.54, 1.807) is 0 Å². The molecule has 0 saturated heterocycles. The summed E-state index contributed by atoms with van der Waals surface area (Å²) in [6, 6.07) is 25.8. The summed E-state index contributed by atoms with van der Waals surface area (Å²) in [6.07, 6.45) is 0.698. The molecular formula is C27H25N5O2S. The molecule has 176 valence electrons. The topological polar surface area (TPSA) is 87.2 Å². The molecule has 0 radical (unpaired) electrons. The number of hydrogen-bond acceptors (Lipinski definition) is 6. The molecule has 5 rings (SSSR count). The van der Waals surface area contributed by atoms with Gasteiger partial charge in [-0.15, -0.1) is 10.2 Å². The van der Waals surface area contributed by atoms with Crippen LogP contribution in [0.3, 0.4) is 0 Å². The Bertz CT molecular complexity index is 1320. The first kappa shape index (κ1) is 22.9. The average molecular weight is 484 g/mol. The highest BCUT2D eigenvalue weighted by molar-refractivity contribution is 7.13. The highest BCUT2D eigenvalue weighted by atomic mass is 32.1. The zero-order chi connectivity index (χ0) is 24.0. The van der Waals surface area contributed by atoms with Crippen molar-refractivity contribution in [1.29, 1.82) is 0 Å². The van der Waals surface area contributed by atoms with E-state index in [0.717, 1.165) is 25.3 Å². The largest absolute Gasteiger partial charge is 0.326 e. The molecule has 0 fully saturated rings. The van der Waals surface area contributed by atoms with Crippen LogP contribution in [-0.4, -0.2) is 26.9 Å². The van der Waals surface area contributed by atoms with Crippen LogP contribution in [0.25, 0.3) is 0 Å². The summed E-state index contributed by atoms with van der Waals surface area (Å²) in [4.78, 5) is 27.3. The number of hydrogen-bond donors (Lipinski definition) is 2. The maximum absolute atomic E-state index is 12.5. The number of aryl methyl sites for hydroxylation is 1. The van der Waals surface area contributed by atoms with Crippen LogP contribution in [0.2, 0.25) is 0 Å². The van der Waals surface area contributed by atoms with Gasteiger partial charge in [0.1, 0.15) is 5.01 Å². The van der Waals surface area contributed by atoms with Gasteiger partial charge >= 0.3 is 0 Å². The third-order valence-electron chi connectivity index (χ3n) is 5.79. The van der Waals surface area contributed by atoms with Gasteiger partial charge in [-0.3, -0.25) is 14.5 Å². The maximum Gasteiger partial charge on any atom is 0.286 e. The number of fused-ring (bicyclic) bond motifs is 1. The van der Waals surface area contributed by atoms with Gasteiger partial charge in [0.15, 0.2) is 0 Å². The van der Waals surface area contributed by atoms with E-state index in [0.29, 0.717) is 17.1 Å². The van der Waals surface area contributed by atoms with Crippen molar-refractivity contribution in [3.63, 3.8) is 0 Å². The molecule has 0 saturated carbocycles. The predicted molar refractivity (Wildman–Crippen MR) is 137 cm³/mol. The van der Waals surface area contributed by atoms with Gasteiger partial charge in [0, 0.05) is 43.9 Å². The molecule has 0 unspecified atom stereocenters. The number of carbonyl (C=O) groups is 2. The van der Waals surface area contributed by atoms with Crippen molar-refractivity contribution in [2.24, 2.45) is 0 Å². The molecular weight excluding hydrogens is 458 g/mol. The number of nitrogens with zero attached hydrogens (tertiary/aromatic N) is 3. The first-order valence-corrected chi connectivity index (χ1v) is 12.3. The van der Waals surface area contributed by atoms with E-state index >= 15 is 0 Å². The van der Waals surface area contributed by atoms with E-state index in [-0.39, 0.29) is 23.2 Å². The second kappa shape index (κ2) is 10.6. The van der Waals surface area contributed by atoms with Crippen LogP contribution >= 0.6 is 11.3 Å². The zero-order valence-electron chi connectivity index (χ0n) is 19.1. The first-order chi connectivity index (χ1) is 17.1. The van der Waals surface area contributed by atoms with Gasteiger partial charge in [0.05, 0.1) is 0 Å². The highest BCUT2D eigenvalue weighted by Crippen LogP contribution is 2.27. The van der Waals surface area contributed by atoms with Crippen molar-refractivity contribution < 1.29 is 9.59 Å². The summed E-state index contributed by atoms with van der Waals surface area (Å²) in [5.74, 6) is -0.390. The lowest BCUT2D eigenvalue weighted by molar-refractivity contribution is -0.116. The van der Waals surface area contributed by atoms with Crippen LogP contribution in [0.15, 0.2) is 78.9 Å². The Labute approximate surface area is 207 Å². The van der Waals surface area contributed by atoms with E-state index < -0.39 is 0 Å². The predicted octanol–water partition coefficient (Wildman–Crippen LogP) is 4.88. The monoisotopic (exact) mass is 483 g/mol.